The minimum absolute atomic E-state index is 0.0747. The number of fused-ring (bicyclic) bond motifs is 2. The molecule has 0 aliphatic heterocycles. The van der Waals surface area contributed by atoms with E-state index in [1.807, 2.05) is 72.8 Å². The summed E-state index contributed by atoms with van der Waals surface area (Å²) in [7, 11) is 0. The smallest absolute Gasteiger partial charge is 0.280 e. The summed E-state index contributed by atoms with van der Waals surface area (Å²) < 4.78 is 0. The van der Waals surface area contributed by atoms with Gasteiger partial charge in [0, 0.05) is 16.5 Å². The van der Waals surface area contributed by atoms with Gasteiger partial charge in [-0.25, -0.2) is 9.97 Å². The molecule has 2 heterocycles. The molecule has 0 fully saturated rings. The van der Waals surface area contributed by atoms with Gasteiger partial charge in [-0.1, -0.05) is 60.7 Å². The van der Waals surface area contributed by atoms with E-state index in [1.54, 1.807) is 6.07 Å². The lowest BCUT2D eigenvalue weighted by Crippen LogP contribution is -2.07. The second-order valence-corrected chi connectivity index (χ2v) is 6.50. The van der Waals surface area contributed by atoms with E-state index in [9.17, 15) is 9.90 Å². The van der Waals surface area contributed by atoms with Crippen molar-refractivity contribution < 1.29 is 5.11 Å². The summed E-state index contributed by atoms with van der Waals surface area (Å²) in [5.74, 6) is -0.0747. The first-order chi connectivity index (χ1) is 13.7. The van der Waals surface area contributed by atoms with E-state index < -0.39 is 5.56 Å². The van der Waals surface area contributed by atoms with Crippen LogP contribution in [0, 0.1) is 0 Å². The molecule has 5 aromatic rings. The number of aromatic hydroxyl groups is 1. The molecule has 0 atom stereocenters. The molecule has 0 radical (unpaired) electrons. The van der Waals surface area contributed by atoms with Gasteiger partial charge >= 0.3 is 0 Å². The SMILES string of the molecule is O=c1nc2ccccc2nc(-c2ccccc2)c1-c1c(O)[nH]c2ccccc12. The first-order valence-corrected chi connectivity index (χ1v) is 8.89. The highest BCUT2D eigenvalue weighted by Crippen LogP contribution is 2.38. The number of H-pyrrole nitrogens is 1. The van der Waals surface area contributed by atoms with E-state index >= 15 is 0 Å². The van der Waals surface area contributed by atoms with Crippen molar-refractivity contribution >= 4 is 21.9 Å². The van der Waals surface area contributed by atoms with Crippen molar-refractivity contribution in [3.8, 4) is 28.3 Å². The first-order valence-electron chi connectivity index (χ1n) is 8.89. The lowest BCUT2D eigenvalue weighted by Gasteiger charge is -2.05. The molecule has 2 aromatic heterocycles. The quantitative estimate of drug-likeness (QED) is 0.482. The van der Waals surface area contributed by atoms with Crippen LogP contribution in [0.2, 0.25) is 0 Å². The summed E-state index contributed by atoms with van der Waals surface area (Å²) in [6, 6.07) is 24.2. The Hall–Kier alpha value is -3.99. The van der Waals surface area contributed by atoms with Crippen LogP contribution >= 0.6 is 0 Å². The molecule has 0 saturated heterocycles. The zero-order chi connectivity index (χ0) is 19.1. The topological polar surface area (TPSA) is 78.9 Å². The maximum Gasteiger partial charge on any atom is 0.280 e. The van der Waals surface area contributed by atoms with E-state index in [2.05, 4.69) is 9.97 Å². The second-order valence-electron chi connectivity index (χ2n) is 6.50. The minimum atomic E-state index is -0.437. The molecule has 0 unspecified atom stereocenters. The van der Waals surface area contributed by atoms with Crippen LogP contribution in [0.4, 0.5) is 0 Å². The van der Waals surface area contributed by atoms with Crippen molar-refractivity contribution in [2.75, 3.05) is 0 Å². The summed E-state index contributed by atoms with van der Waals surface area (Å²) in [6.07, 6.45) is 0. The summed E-state index contributed by atoms with van der Waals surface area (Å²) >= 11 is 0. The van der Waals surface area contributed by atoms with Gasteiger partial charge in [0.1, 0.15) is 0 Å². The summed E-state index contributed by atoms with van der Waals surface area (Å²) in [6.45, 7) is 0. The standard InChI is InChI=1S/C23H15N3O2/c27-22-19(15-10-4-5-11-16(15)25-22)20-21(14-8-2-1-3-9-14)24-17-12-6-7-13-18(17)26-23(20)28/h1-13,25,27H. The molecule has 0 amide bonds. The summed E-state index contributed by atoms with van der Waals surface area (Å²) in [5, 5.41) is 11.4. The van der Waals surface area contributed by atoms with E-state index in [4.69, 9.17) is 4.98 Å². The van der Waals surface area contributed by atoms with Crippen molar-refractivity contribution in [1.29, 1.82) is 0 Å². The molecule has 0 aliphatic rings. The number of aromatic amines is 1. The molecule has 5 rings (SSSR count). The molecule has 0 aliphatic carbocycles. The highest BCUT2D eigenvalue weighted by Gasteiger charge is 2.21. The van der Waals surface area contributed by atoms with Gasteiger partial charge < -0.3 is 10.1 Å². The molecule has 134 valence electrons. The van der Waals surface area contributed by atoms with E-state index in [1.165, 1.54) is 0 Å². The third kappa shape index (κ3) is 2.53. The van der Waals surface area contributed by atoms with Crippen molar-refractivity contribution in [1.82, 2.24) is 15.0 Å². The highest BCUT2D eigenvalue weighted by atomic mass is 16.3. The Morgan fingerprint density at radius 3 is 2.14 bits per heavy atom. The Morgan fingerprint density at radius 1 is 0.714 bits per heavy atom. The molecule has 5 heteroatoms. The van der Waals surface area contributed by atoms with Crippen LogP contribution in [0.3, 0.4) is 0 Å². The van der Waals surface area contributed by atoms with Gasteiger partial charge in [0.25, 0.3) is 5.56 Å². The van der Waals surface area contributed by atoms with Gasteiger partial charge in [0.05, 0.1) is 27.9 Å². The first kappa shape index (κ1) is 16.2. The van der Waals surface area contributed by atoms with Crippen LogP contribution in [-0.4, -0.2) is 20.1 Å². The predicted octanol–water partition coefficient (Wildman–Crippen LogP) is 4.51. The van der Waals surface area contributed by atoms with Crippen LogP contribution in [-0.2, 0) is 0 Å². The molecule has 3 aromatic carbocycles. The fourth-order valence-corrected chi connectivity index (χ4v) is 3.51. The molecule has 28 heavy (non-hydrogen) atoms. The molecule has 2 N–H and O–H groups in total. The van der Waals surface area contributed by atoms with Crippen LogP contribution in [0.15, 0.2) is 83.7 Å². The molecular formula is C23H15N3O2. The van der Waals surface area contributed by atoms with Gasteiger partial charge in [-0.3, -0.25) is 4.79 Å². The normalized spacial score (nSPS) is 11.1. The third-order valence-electron chi connectivity index (χ3n) is 4.77. The molecule has 5 nitrogen and oxygen atoms in total. The molecule has 0 saturated carbocycles. The number of rotatable bonds is 2. The molecule has 0 spiro atoms. The van der Waals surface area contributed by atoms with Crippen LogP contribution < -0.4 is 5.56 Å². The average Bonchev–Trinajstić information content (AvgIpc) is 2.97. The lowest BCUT2D eigenvalue weighted by atomic mass is 10.00. The fourth-order valence-electron chi connectivity index (χ4n) is 3.51. The van der Waals surface area contributed by atoms with E-state index in [0.717, 1.165) is 16.5 Å². The highest BCUT2D eigenvalue weighted by molar-refractivity contribution is 6.02. The summed E-state index contributed by atoms with van der Waals surface area (Å²) in [5.41, 5.74) is 3.38. The Morgan fingerprint density at radius 2 is 1.36 bits per heavy atom. The lowest BCUT2D eigenvalue weighted by molar-refractivity contribution is 0.460. The number of benzene rings is 3. The van der Waals surface area contributed by atoms with Gasteiger partial charge in [0.15, 0.2) is 5.88 Å². The Kier molecular flexibility index (Phi) is 3.66. The van der Waals surface area contributed by atoms with Crippen molar-refractivity contribution in [2.45, 2.75) is 0 Å². The number of nitrogens with zero attached hydrogens (tertiary/aromatic N) is 2. The number of hydrogen-bond donors (Lipinski definition) is 2. The molecule has 0 bridgehead atoms. The fraction of sp³-hybridized carbons (Fsp3) is 0. The minimum Gasteiger partial charge on any atom is -0.494 e. The number of aromatic nitrogens is 3. The van der Waals surface area contributed by atoms with Gasteiger partial charge in [-0.15, -0.1) is 0 Å². The van der Waals surface area contributed by atoms with Crippen LogP contribution in [0.1, 0.15) is 0 Å². The number of nitrogens with one attached hydrogen (secondary N) is 1. The van der Waals surface area contributed by atoms with Gasteiger partial charge in [-0.2, -0.15) is 0 Å². The number of hydrogen-bond acceptors (Lipinski definition) is 4. The second kappa shape index (κ2) is 6.32. The Bertz CT molecular complexity index is 1390. The number of para-hydroxylation sites is 3. The van der Waals surface area contributed by atoms with Crippen molar-refractivity contribution in [3.63, 3.8) is 0 Å². The van der Waals surface area contributed by atoms with Crippen LogP contribution in [0.5, 0.6) is 5.88 Å². The largest absolute Gasteiger partial charge is 0.494 e. The Labute approximate surface area is 160 Å². The zero-order valence-electron chi connectivity index (χ0n) is 14.8. The summed E-state index contributed by atoms with van der Waals surface area (Å²) in [4.78, 5) is 25.3. The molecular weight excluding hydrogens is 350 g/mol. The third-order valence-corrected chi connectivity index (χ3v) is 4.77. The van der Waals surface area contributed by atoms with Crippen molar-refractivity contribution in [2.24, 2.45) is 0 Å². The maximum absolute atomic E-state index is 13.2. The van der Waals surface area contributed by atoms with E-state index in [0.29, 0.717) is 22.3 Å². The van der Waals surface area contributed by atoms with Crippen LogP contribution in [0.25, 0.3) is 44.3 Å². The maximum atomic E-state index is 13.2. The van der Waals surface area contributed by atoms with E-state index in [-0.39, 0.29) is 11.4 Å². The van der Waals surface area contributed by atoms with Gasteiger partial charge in [0.2, 0.25) is 0 Å². The van der Waals surface area contributed by atoms with Gasteiger partial charge in [-0.05, 0) is 18.2 Å². The van der Waals surface area contributed by atoms with Crippen molar-refractivity contribution in [3.05, 3.63) is 89.2 Å². The average molecular weight is 365 g/mol. The Balaban J connectivity index is 1.99. The zero-order valence-corrected chi connectivity index (χ0v) is 14.8. The monoisotopic (exact) mass is 365 g/mol. The predicted molar refractivity (Wildman–Crippen MR) is 110 cm³/mol.